The lowest BCUT2D eigenvalue weighted by Crippen LogP contribution is -2.23. The highest BCUT2D eigenvalue weighted by Crippen LogP contribution is 2.36. The molecule has 4 rings (SSSR count). The lowest BCUT2D eigenvalue weighted by atomic mass is 10.1. The molecule has 0 radical (unpaired) electrons. The van der Waals surface area contributed by atoms with E-state index in [4.69, 9.17) is 0 Å². The number of aromatic nitrogens is 2. The number of benzene rings is 2. The lowest BCUT2D eigenvalue weighted by molar-refractivity contribution is 0.593. The van der Waals surface area contributed by atoms with Crippen molar-refractivity contribution in [2.45, 2.75) is 59.4 Å². The number of hydrogen-bond acceptors (Lipinski definition) is 5. The molecule has 3 N–H and O–H groups in total. The van der Waals surface area contributed by atoms with Crippen LogP contribution in [0.1, 0.15) is 57.1 Å². The third-order valence-corrected chi connectivity index (χ3v) is 7.65. The number of halogens is 2. The first-order valence-corrected chi connectivity index (χ1v) is 15.2. The van der Waals surface area contributed by atoms with Crippen molar-refractivity contribution >= 4 is 49.7 Å². The van der Waals surface area contributed by atoms with E-state index in [1.807, 2.05) is 55.7 Å². The van der Waals surface area contributed by atoms with E-state index in [0.717, 1.165) is 77.3 Å². The van der Waals surface area contributed by atoms with Gasteiger partial charge in [0.25, 0.3) is 0 Å². The van der Waals surface area contributed by atoms with Crippen LogP contribution in [0.2, 0.25) is 0 Å². The number of nitrogens with one attached hydrogen (secondary N) is 3. The number of aryl methyl sites for hydroxylation is 2. The second-order valence-electron chi connectivity index (χ2n) is 10.5. The molecule has 0 amide bonds. The number of hydrogen-bond donors (Lipinski definition) is 3. The van der Waals surface area contributed by atoms with Crippen LogP contribution in [-0.4, -0.2) is 34.9 Å². The predicted octanol–water partition coefficient (Wildman–Crippen LogP) is 7.72. The van der Waals surface area contributed by atoms with Gasteiger partial charge in [-0.3, -0.25) is 4.99 Å². The summed E-state index contributed by atoms with van der Waals surface area (Å²) in [7, 11) is 0. The van der Waals surface area contributed by atoms with E-state index in [0.29, 0.717) is 23.4 Å². The highest BCUT2D eigenvalue weighted by molar-refractivity contribution is 9.10. The smallest absolute Gasteiger partial charge is 0.175 e. The summed E-state index contributed by atoms with van der Waals surface area (Å²) < 4.78 is 19.1. The molecule has 0 spiro atoms. The minimum Gasteiger partial charge on any atom is -0.385 e. The number of imidazole rings is 1. The van der Waals surface area contributed by atoms with Crippen LogP contribution < -0.4 is 16.0 Å². The first-order valence-electron chi connectivity index (χ1n) is 14.4. The highest BCUT2D eigenvalue weighted by atomic mass is 79.9. The largest absolute Gasteiger partial charge is 0.385 e. The maximum Gasteiger partial charge on any atom is 0.175 e. The van der Waals surface area contributed by atoms with E-state index in [9.17, 15) is 0 Å². The third kappa shape index (κ3) is 8.54. The van der Waals surface area contributed by atoms with E-state index < -0.39 is 0 Å². The summed E-state index contributed by atoms with van der Waals surface area (Å²) in [4.78, 5) is 8.84. The van der Waals surface area contributed by atoms with Crippen LogP contribution in [0.4, 0.5) is 15.8 Å². The number of allylic oxidation sites excluding steroid dienone is 1. The fourth-order valence-corrected chi connectivity index (χ4v) is 5.17. The number of fused-ring (bicyclic) bond motifs is 1. The average molecular weight is 620 g/mol. The molecule has 0 bridgehead atoms. The zero-order chi connectivity index (χ0) is 29.2. The molecular weight excluding hydrogens is 579 g/mol. The summed E-state index contributed by atoms with van der Waals surface area (Å²) in [5, 5.41) is 10.2. The van der Waals surface area contributed by atoms with Crippen molar-refractivity contribution in [3.63, 3.8) is 0 Å². The van der Waals surface area contributed by atoms with Crippen molar-refractivity contribution in [3.05, 3.63) is 70.9 Å². The molecule has 0 saturated heterocycles. The van der Waals surface area contributed by atoms with Gasteiger partial charge in [0.1, 0.15) is 11.2 Å². The van der Waals surface area contributed by atoms with Gasteiger partial charge >= 0.3 is 0 Å². The zero-order valence-electron chi connectivity index (χ0n) is 24.3. The lowest BCUT2D eigenvalue weighted by Gasteiger charge is -2.19. The second-order valence-corrected chi connectivity index (χ2v) is 11.4. The molecule has 8 heteroatoms. The number of anilines is 2. The molecule has 41 heavy (non-hydrogen) atoms. The Bertz CT molecular complexity index is 1490. The maximum atomic E-state index is 16.1. The van der Waals surface area contributed by atoms with E-state index in [-0.39, 0.29) is 5.82 Å². The number of unbranched alkanes of at least 4 members (excludes halogenated alkanes) is 1. The Balaban J connectivity index is 1.49. The van der Waals surface area contributed by atoms with Crippen LogP contribution in [0.25, 0.3) is 16.7 Å². The first-order chi connectivity index (χ1) is 19.9. The Morgan fingerprint density at radius 2 is 2.10 bits per heavy atom. The molecule has 216 valence electrons. The fraction of sp³-hybridized carbons (Fsp3) is 0.394. The Labute approximate surface area is 251 Å². The number of aliphatic imine (C=N–C) groups is 1. The Hall–Kier alpha value is -3.41. The molecule has 0 atom stereocenters. The van der Waals surface area contributed by atoms with Gasteiger partial charge in [0.05, 0.1) is 17.5 Å². The monoisotopic (exact) mass is 618 g/mol. The van der Waals surface area contributed by atoms with Gasteiger partial charge < -0.3 is 20.5 Å². The summed E-state index contributed by atoms with van der Waals surface area (Å²) in [5.74, 6) is 6.39. The van der Waals surface area contributed by atoms with Gasteiger partial charge in [-0.05, 0) is 82.3 Å². The van der Waals surface area contributed by atoms with Gasteiger partial charge in [-0.15, -0.1) is 0 Å². The molecule has 1 aromatic heterocycles. The SMILES string of the molecule is C=C(NCCC1CC1)c1cc2c(ncn2CCCCNC/C(C#CC)=N/C=C\C)c(F)c1Nc1ccc(Br)cc1C. The molecule has 0 unspecified atom stereocenters. The topological polar surface area (TPSA) is 66.3 Å². The summed E-state index contributed by atoms with van der Waals surface area (Å²) in [6, 6.07) is 7.93. The highest BCUT2D eigenvalue weighted by Gasteiger charge is 2.22. The molecular formula is C33H40BrFN6. The molecule has 3 aromatic rings. The molecule has 1 aliphatic carbocycles. The molecule has 2 aromatic carbocycles. The number of nitrogens with zero attached hydrogens (tertiary/aromatic N) is 3. The molecule has 6 nitrogen and oxygen atoms in total. The van der Waals surface area contributed by atoms with Gasteiger partial charge in [-0.1, -0.05) is 53.3 Å². The van der Waals surface area contributed by atoms with Crippen molar-refractivity contribution < 1.29 is 4.39 Å². The van der Waals surface area contributed by atoms with E-state index >= 15 is 4.39 Å². The van der Waals surface area contributed by atoms with Crippen LogP contribution in [0.15, 0.2) is 58.9 Å². The van der Waals surface area contributed by atoms with Crippen molar-refractivity contribution in [2.24, 2.45) is 10.9 Å². The Kier molecular flexibility index (Phi) is 11.2. The van der Waals surface area contributed by atoms with Crippen LogP contribution in [0.3, 0.4) is 0 Å². The number of rotatable bonds is 15. The van der Waals surface area contributed by atoms with Crippen LogP contribution in [0, 0.1) is 30.5 Å². The van der Waals surface area contributed by atoms with Crippen molar-refractivity contribution in [1.29, 1.82) is 0 Å². The summed E-state index contributed by atoms with van der Waals surface area (Å²) in [5.41, 5.74) is 5.64. The molecule has 1 saturated carbocycles. The van der Waals surface area contributed by atoms with Crippen molar-refractivity contribution in [3.8, 4) is 11.8 Å². The zero-order valence-corrected chi connectivity index (χ0v) is 25.9. The minimum absolute atomic E-state index is 0.359. The summed E-state index contributed by atoms with van der Waals surface area (Å²) >= 11 is 3.51. The van der Waals surface area contributed by atoms with Crippen LogP contribution >= 0.6 is 15.9 Å². The Morgan fingerprint density at radius 3 is 2.83 bits per heavy atom. The predicted molar refractivity (Wildman–Crippen MR) is 174 cm³/mol. The van der Waals surface area contributed by atoms with Gasteiger partial charge in [-0.2, -0.15) is 0 Å². The standard InChI is InChI=1S/C33H40BrFN6/c1-5-9-27(38-15-6-2)21-36-16-7-8-18-41-22-39-33-30(41)20-28(24(4)37-17-14-25-10-11-25)32(31(33)35)40-29-13-12-26(34)19-23(29)3/h6,12-13,15,19-20,22,25,36-37,40H,4,7-8,10-11,14,16-18,21H2,1-3H3/b15-6-,38-27+. The average Bonchev–Trinajstić information content (AvgIpc) is 3.69. The van der Waals surface area contributed by atoms with Gasteiger partial charge in [0.2, 0.25) is 0 Å². The second kappa shape index (κ2) is 15.0. The van der Waals surface area contributed by atoms with Gasteiger partial charge in [0.15, 0.2) is 5.82 Å². The normalized spacial score (nSPS) is 13.4. The Morgan fingerprint density at radius 1 is 1.27 bits per heavy atom. The molecule has 1 aliphatic rings. The summed E-state index contributed by atoms with van der Waals surface area (Å²) in [6.45, 7) is 13.1. The quantitative estimate of drug-likeness (QED) is 0.0926. The third-order valence-electron chi connectivity index (χ3n) is 7.16. The van der Waals surface area contributed by atoms with Gasteiger partial charge in [0, 0.05) is 47.3 Å². The van der Waals surface area contributed by atoms with E-state index in [2.05, 4.69) is 60.3 Å². The van der Waals surface area contributed by atoms with Crippen LogP contribution in [-0.2, 0) is 6.54 Å². The van der Waals surface area contributed by atoms with Crippen LogP contribution in [0.5, 0.6) is 0 Å². The van der Waals surface area contributed by atoms with Gasteiger partial charge in [-0.25, -0.2) is 9.37 Å². The van der Waals surface area contributed by atoms with Crippen molar-refractivity contribution in [2.75, 3.05) is 25.0 Å². The van der Waals surface area contributed by atoms with Crippen molar-refractivity contribution in [1.82, 2.24) is 20.2 Å². The maximum absolute atomic E-state index is 16.1. The first kappa shape index (κ1) is 30.5. The molecule has 0 aliphatic heterocycles. The van der Waals surface area contributed by atoms with E-state index in [1.165, 1.54) is 12.8 Å². The molecule has 1 heterocycles. The minimum atomic E-state index is -0.365. The van der Waals surface area contributed by atoms with E-state index in [1.54, 1.807) is 12.5 Å². The molecule has 1 fully saturated rings. The summed E-state index contributed by atoms with van der Waals surface area (Å²) in [6.07, 6.45) is 11.0. The fourth-order valence-electron chi connectivity index (χ4n) is 4.70.